The number of nitrogen functional groups attached to an aromatic ring is 2. The lowest BCUT2D eigenvalue weighted by Gasteiger charge is -1.99. The zero-order valence-electron chi connectivity index (χ0n) is 8.28. The van der Waals surface area contributed by atoms with Crippen molar-refractivity contribution in [3.05, 3.63) is 18.0 Å². The van der Waals surface area contributed by atoms with Gasteiger partial charge in [0.1, 0.15) is 0 Å². The molecule has 0 aliphatic carbocycles. The topological polar surface area (TPSA) is 91.2 Å². The van der Waals surface area contributed by atoms with Crippen LogP contribution in [-0.4, -0.2) is 17.6 Å². The molecule has 0 unspecified atom stereocenters. The predicted octanol–water partition coefficient (Wildman–Crippen LogP) is 0.161. The van der Waals surface area contributed by atoms with E-state index < -0.39 is 5.97 Å². The molecule has 1 aromatic rings. The second kappa shape index (κ2) is 4.86. The molecule has 5 nitrogen and oxygen atoms in total. The maximum absolute atomic E-state index is 10.9. The van der Waals surface area contributed by atoms with E-state index in [0.717, 1.165) is 0 Å². The molecule has 0 radical (unpaired) electrons. The smallest absolute Gasteiger partial charge is 0.384 e. The van der Waals surface area contributed by atoms with Crippen LogP contribution < -0.4 is 11.5 Å². The lowest BCUT2D eigenvalue weighted by atomic mass is 10.2. The first-order valence-corrected chi connectivity index (χ1v) is 4.33. The first-order chi connectivity index (χ1) is 7.15. The number of hydrogen-bond donors (Lipinski definition) is 2. The fourth-order valence-electron chi connectivity index (χ4n) is 0.872. The second-order valence-corrected chi connectivity index (χ2v) is 2.66. The van der Waals surface area contributed by atoms with E-state index in [2.05, 4.69) is 21.6 Å². The van der Waals surface area contributed by atoms with Gasteiger partial charge < -0.3 is 16.2 Å². The summed E-state index contributed by atoms with van der Waals surface area (Å²) in [6.45, 7) is 1.99. The number of ether oxygens (including phenoxy) is 1. The molecule has 15 heavy (non-hydrogen) atoms. The minimum atomic E-state index is -0.598. The highest BCUT2D eigenvalue weighted by Gasteiger charge is 2.00. The van der Waals surface area contributed by atoms with Crippen molar-refractivity contribution in [3.63, 3.8) is 0 Å². The van der Waals surface area contributed by atoms with Crippen molar-refractivity contribution < 1.29 is 9.53 Å². The van der Waals surface area contributed by atoms with E-state index in [1.54, 1.807) is 6.92 Å². The summed E-state index contributed by atoms with van der Waals surface area (Å²) >= 11 is 0. The summed E-state index contributed by atoms with van der Waals surface area (Å²) in [6, 6.07) is 0. The molecule has 0 spiro atoms. The van der Waals surface area contributed by atoms with Gasteiger partial charge in [-0.2, -0.15) is 0 Å². The Morgan fingerprint density at radius 1 is 1.53 bits per heavy atom. The molecule has 1 heterocycles. The molecule has 1 rings (SSSR count). The van der Waals surface area contributed by atoms with Gasteiger partial charge in [-0.3, -0.25) is 4.98 Å². The molecule has 0 bridgehead atoms. The number of rotatable bonds is 1. The Kier molecular flexibility index (Phi) is 3.52. The monoisotopic (exact) mass is 205 g/mol. The van der Waals surface area contributed by atoms with E-state index in [1.165, 1.54) is 12.4 Å². The third kappa shape index (κ3) is 2.88. The first kappa shape index (κ1) is 10.9. The highest BCUT2D eigenvalue weighted by molar-refractivity contribution is 5.89. The van der Waals surface area contributed by atoms with Gasteiger partial charge in [0.2, 0.25) is 0 Å². The molecule has 78 valence electrons. The van der Waals surface area contributed by atoms with Crippen LogP contribution in [0.4, 0.5) is 11.4 Å². The summed E-state index contributed by atoms with van der Waals surface area (Å²) < 4.78 is 4.63. The number of anilines is 2. The predicted molar refractivity (Wildman–Crippen MR) is 56.6 cm³/mol. The zero-order chi connectivity index (χ0) is 11.3. The van der Waals surface area contributed by atoms with Gasteiger partial charge in [0, 0.05) is 12.1 Å². The van der Waals surface area contributed by atoms with Crippen molar-refractivity contribution in [2.24, 2.45) is 0 Å². The van der Waals surface area contributed by atoms with E-state index in [9.17, 15) is 4.79 Å². The minimum absolute atomic E-state index is 0.290. The summed E-state index contributed by atoms with van der Waals surface area (Å²) in [5, 5.41) is 0. The van der Waals surface area contributed by atoms with Crippen LogP contribution in [0.2, 0.25) is 0 Å². The van der Waals surface area contributed by atoms with Crippen LogP contribution in [0.1, 0.15) is 12.5 Å². The summed E-state index contributed by atoms with van der Waals surface area (Å²) in [7, 11) is 0. The van der Waals surface area contributed by atoms with Crippen molar-refractivity contribution in [1.82, 2.24) is 4.98 Å². The maximum Gasteiger partial charge on any atom is 0.384 e. The zero-order valence-corrected chi connectivity index (χ0v) is 8.28. The maximum atomic E-state index is 10.9. The van der Waals surface area contributed by atoms with Crippen LogP contribution in [-0.2, 0) is 9.53 Å². The summed E-state index contributed by atoms with van der Waals surface area (Å²) in [5.41, 5.74) is 12.2. The summed E-state index contributed by atoms with van der Waals surface area (Å²) in [5.74, 6) is 4.23. The molecular weight excluding hydrogens is 194 g/mol. The van der Waals surface area contributed by atoms with Gasteiger partial charge in [0.05, 0.1) is 29.7 Å². The van der Waals surface area contributed by atoms with Crippen LogP contribution in [0.5, 0.6) is 0 Å². The minimum Gasteiger partial charge on any atom is -0.456 e. The van der Waals surface area contributed by atoms with Gasteiger partial charge in [-0.25, -0.2) is 4.79 Å². The Bertz CT molecular complexity index is 432. The lowest BCUT2D eigenvalue weighted by Crippen LogP contribution is -2.01. The van der Waals surface area contributed by atoms with E-state index in [0.29, 0.717) is 16.9 Å². The van der Waals surface area contributed by atoms with Gasteiger partial charge in [-0.1, -0.05) is 5.92 Å². The fraction of sp³-hybridized carbons (Fsp3) is 0.200. The van der Waals surface area contributed by atoms with Crippen molar-refractivity contribution >= 4 is 17.3 Å². The Morgan fingerprint density at radius 2 is 2.27 bits per heavy atom. The van der Waals surface area contributed by atoms with Gasteiger partial charge >= 0.3 is 5.97 Å². The van der Waals surface area contributed by atoms with Gasteiger partial charge in [-0.15, -0.1) is 0 Å². The SMILES string of the molecule is CCOC(=O)C#Cc1cncc(N)c1N. The highest BCUT2D eigenvalue weighted by atomic mass is 16.5. The standard InChI is InChI=1S/C10H11N3O2/c1-2-15-9(14)4-3-7-5-13-6-8(11)10(7)12/h5-6H,2,11H2,1H3,(H2,12,13). The van der Waals surface area contributed by atoms with E-state index in [4.69, 9.17) is 11.5 Å². The Hall–Kier alpha value is -2.22. The van der Waals surface area contributed by atoms with Crippen LogP contribution in [0.25, 0.3) is 0 Å². The lowest BCUT2D eigenvalue weighted by molar-refractivity contribution is -0.136. The summed E-state index contributed by atoms with van der Waals surface area (Å²) in [4.78, 5) is 14.7. The quantitative estimate of drug-likeness (QED) is 0.503. The van der Waals surface area contributed by atoms with Crippen LogP contribution in [0.3, 0.4) is 0 Å². The van der Waals surface area contributed by atoms with E-state index in [-0.39, 0.29) is 6.61 Å². The fourth-order valence-corrected chi connectivity index (χ4v) is 0.872. The molecule has 0 aromatic carbocycles. The average molecular weight is 205 g/mol. The average Bonchev–Trinajstić information content (AvgIpc) is 2.21. The molecule has 0 saturated carbocycles. The van der Waals surface area contributed by atoms with Crippen molar-refractivity contribution in [2.45, 2.75) is 6.92 Å². The second-order valence-electron chi connectivity index (χ2n) is 2.66. The van der Waals surface area contributed by atoms with Gasteiger partial charge in [-0.05, 0) is 6.92 Å². The Labute approximate surface area is 87.4 Å². The number of carbonyl (C=O) groups excluding carboxylic acids is 1. The normalized spacial score (nSPS) is 8.87. The van der Waals surface area contributed by atoms with Crippen LogP contribution in [0.15, 0.2) is 12.4 Å². The van der Waals surface area contributed by atoms with Crippen molar-refractivity contribution in [3.8, 4) is 11.8 Å². The number of nitrogens with zero attached hydrogens (tertiary/aromatic N) is 1. The number of carbonyl (C=O) groups is 1. The molecule has 0 amide bonds. The Balaban J connectivity index is 2.89. The third-order valence-electron chi connectivity index (χ3n) is 1.59. The highest BCUT2D eigenvalue weighted by Crippen LogP contribution is 2.15. The van der Waals surface area contributed by atoms with Crippen LogP contribution in [0, 0.1) is 11.8 Å². The number of hydrogen-bond acceptors (Lipinski definition) is 5. The van der Waals surface area contributed by atoms with E-state index in [1.807, 2.05) is 0 Å². The van der Waals surface area contributed by atoms with Crippen molar-refractivity contribution in [1.29, 1.82) is 0 Å². The molecule has 1 aromatic heterocycles. The van der Waals surface area contributed by atoms with Crippen molar-refractivity contribution in [2.75, 3.05) is 18.1 Å². The molecule has 0 atom stereocenters. The first-order valence-electron chi connectivity index (χ1n) is 4.33. The van der Waals surface area contributed by atoms with Gasteiger partial charge in [0.15, 0.2) is 0 Å². The summed E-state index contributed by atoms with van der Waals surface area (Å²) in [6.07, 6.45) is 2.86. The Morgan fingerprint density at radius 3 is 2.93 bits per heavy atom. The molecule has 4 N–H and O–H groups in total. The number of pyridine rings is 1. The largest absolute Gasteiger partial charge is 0.456 e. The molecular formula is C10H11N3O2. The molecule has 5 heteroatoms. The molecule has 0 fully saturated rings. The number of aromatic nitrogens is 1. The number of nitrogens with two attached hydrogens (primary N) is 2. The third-order valence-corrected chi connectivity index (χ3v) is 1.59. The molecule has 0 aliphatic rings. The van der Waals surface area contributed by atoms with Gasteiger partial charge in [0.25, 0.3) is 0 Å². The number of esters is 1. The molecule has 0 saturated heterocycles. The van der Waals surface area contributed by atoms with Crippen LogP contribution >= 0.6 is 0 Å². The van der Waals surface area contributed by atoms with E-state index >= 15 is 0 Å². The molecule has 0 aliphatic heterocycles.